The quantitative estimate of drug-likeness (QED) is 0.162. The molecular weight excluding hydrogens is 592 g/mol. The average molecular weight is 614 g/mol. The fourth-order valence-corrected chi connectivity index (χ4v) is 5.67. The minimum absolute atomic E-state index is 0. The van der Waals surface area contributed by atoms with Crippen molar-refractivity contribution in [1.82, 2.24) is 0 Å². The van der Waals surface area contributed by atoms with Crippen LogP contribution in [-0.2, 0) is 10.1 Å². The van der Waals surface area contributed by atoms with Crippen molar-refractivity contribution < 1.29 is 47.3 Å². The Morgan fingerprint density at radius 2 is 1.73 bits per heavy atom. The molecule has 1 aliphatic rings. The fourth-order valence-electron chi connectivity index (χ4n) is 4.43. The Bertz CT molecular complexity index is 1730. The van der Waals surface area contributed by atoms with Gasteiger partial charge in [0.1, 0.15) is 10.1 Å². The molecule has 202 valence electrons. The van der Waals surface area contributed by atoms with E-state index in [-0.39, 0.29) is 48.1 Å². The molecule has 1 heterocycles. The van der Waals surface area contributed by atoms with Crippen molar-refractivity contribution in [2.75, 3.05) is 11.4 Å². The molecule has 1 aliphatic heterocycles. The van der Waals surface area contributed by atoms with E-state index in [1.54, 1.807) is 90.7 Å². The number of hydrogen-bond donors (Lipinski definition) is 0. The molecule has 3 aromatic carbocycles. The summed E-state index contributed by atoms with van der Waals surface area (Å²) < 4.78 is 42.5. The summed E-state index contributed by atoms with van der Waals surface area (Å²) in [4.78, 5) is 1.70. The zero-order valence-corrected chi connectivity index (χ0v) is 26.5. The molecule has 0 fully saturated rings. The van der Waals surface area contributed by atoms with E-state index in [9.17, 15) is 23.5 Å². The summed E-state index contributed by atoms with van der Waals surface area (Å²) in [6.45, 7) is 1.71. The van der Waals surface area contributed by atoms with E-state index in [1.807, 2.05) is 0 Å². The minimum Gasteiger partial charge on any atom is -0.747 e. The van der Waals surface area contributed by atoms with E-state index >= 15 is 0 Å². The first-order valence-corrected chi connectivity index (χ1v) is 14.3. The SMILES string of the molecule is C/C(C#N)=C(/C(C#N)=C/C=C1\Oc2ccc(Cl)cc2N1CCC(c1ccccc1)S(=O)(=O)[O-])c1cccc(Cl)c1.[Na+]. The van der Waals surface area contributed by atoms with Crippen molar-refractivity contribution in [2.24, 2.45) is 0 Å². The summed E-state index contributed by atoms with van der Waals surface area (Å²) in [5.74, 6) is 0.766. The maximum atomic E-state index is 12.2. The topological polar surface area (TPSA) is 117 Å². The number of nitrogens with zero attached hydrogens (tertiary/aromatic N) is 3. The maximum absolute atomic E-state index is 12.2. The van der Waals surface area contributed by atoms with Crippen molar-refractivity contribution in [3.63, 3.8) is 0 Å². The zero-order valence-electron chi connectivity index (χ0n) is 22.2. The van der Waals surface area contributed by atoms with Crippen LogP contribution in [0.25, 0.3) is 5.57 Å². The van der Waals surface area contributed by atoms with E-state index in [4.69, 9.17) is 27.9 Å². The Morgan fingerprint density at radius 1 is 1.02 bits per heavy atom. The van der Waals surface area contributed by atoms with Crippen molar-refractivity contribution in [3.8, 4) is 17.9 Å². The van der Waals surface area contributed by atoms with Gasteiger partial charge in [-0.05, 0) is 60.9 Å². The second-order valence-electron chi connectivity index (χ2n) is 8.87. The van der Waals surface area contributed by atoms with Gasteiger partial charge in [0.2, 0.25) is 5.88 Å². The van der Waals surface area contributed by atoms with Gasteiger partial charge >= 0.3 is 29.6 Å². The van der Waals surface area contributed by atoms with Gasteiger partial charge in [-0.3, -0.25) is 0 Å². The molecule has 1 atom stereocenters. The molecule has 4 rings (SSSR count). The van der Waals surface area contributed by atoms with Gasteiger partial charge in [-0.15, -0.1) is 0 Å². The summed E-state index contributed by atoms with van der Waals surface area (Å²) in [7, 11) is -4.67. The first kappa shape index (κ1) is 32.5. The number of anilines is 1. The minimum atomic E-state index is -4.67. The Morgan fingerprint density at radius 3 is 2.37 bits per heavy atom. The van der Waals surface area contributed by atoms with Crippen LogP contribution in [0.2, 0.25) is 10.0 Å². The van der Waals surface area contributed by atoms with E-state index in [1.165, 1.54) is 6.08 Å². The van der Waals surface area contributed by atoms with Crippen LogP contribution in [-0.4, -0.2) is 19.5 Å². The summed E-state index contributed by atoms with van der Waals surface area (Å²) in [6, 6.07) is 24.4. The van der Waals surface area contributed by atoms with Gasteiger partial charge in [0, 0.05) is 33.8 Å². The molecule has 0 spiro atoms. The fraction of sp³-hybridized carbons (Fsp3) is 0.133. The molecule has 0 radical (unpaired) electrons. The number of halogens is 2. The summed E-state index contributed by atoms with van der Waals surface area (Å²) in [5, 5.41) is 19.2. The molecule has 0 aliphatic carbocycles. The number of ether oxygens (including phenoxy) is 1. The third kappa shape index (κ3) is 7.82. The predicted molar refractivity (Wildman–Crippen MR) is 154 cm³/mol. The second-order valence-corrected chi connectivity index (χ2v) is 11.3. The molecule has 0 amide bonds. The molecule has 7 nitrogen and oxygen atoms in total. The summed E-state index contributed by atoms with van der Waals surface area (Å²) in [6.07, 6.45) is 3.05. The van der Waals surface area contributed by atoms with E-state index in [2.05, 4.69) is 12.1 Å². The van der Waals surface area contributed by atoms with Crippen LogP contribution in [0, 0.1) is 22.7 Å². The monoisotopic (exact) mass is 613 g/mol. The zero-order chi connectivity index (χ0) is 28.9. The van der Waals surface area contributed by atoms with E-state index in [0.29, 0.717) is 49.6 Å². The van der Waals surface area contributed by atoms with Crippen molar-refractivity contribution in [2.45, 2.75) is 18.6 Å². The van der Waals surface area contributed by atoms with Gasteiger partial charge in [-0.2, -0.15) is 10.5 Å². The van der Waals surface area contributed by atoms with E-state index < -0.39 is 15.4 Å². The average Bonchev–Trinajstić information content (AvgIpc) is 3.27. The van der Waals surface area contributed by atoms with Crippen molar-refractivity contribution in [1.29, 1.82) is 10.5 Å². The maximum Gasteiger partial charge on any atom is 1.00 e. The summed E-state index contributed by atoms with van der Waals surface area (Å²) in [5.41, 5.74) is 2.50. The molecule has 0 bridgehead atoms. The van der Waals surface area contributed by atoms with Crippen molar-refractivity contribution >= 4 is 44.6 Å². The van der Waals surface area contributed by atoms with Gasteiger partial charge in [-0.1, -0.05) is 65.7 Å². The molecule has 1 unspecified atom stereocenters. The smallest absolute Gasteiger partial charge is 0.747 e. The van der Waals surface area contributed by atoms with Gasteiger partial charge in [0.15, 0.2) is 5.75 Å². The third-order valence-electron chi connectivity index (χ3n) is 6.27. The predicted octanol–water partition coefficient (Wildman–Crippen LogP) is 4.16. The van der Waals surface area contributed by atoms with Crippen LogP contribution in [0.5, 0.6) is 5.75 Å². The number of allylic oxidation sites excluding steroid dienone is 5. The van der Waals surface area contributed by atoms with Gasteiger partial charge in [-0.25, -0.2) is 8.42 Å². The van der Waals surface area contributed by atoms with Crippen LogP contribution in [0.15, 0.2) is 102 Å². The molecule has 11 heteroatoms. The van der Waals surface area contributed by atoms with Crippen LogP contribution in [0.3, 0.4) is 0 Å². The molecule has 0 N–H and O–H groups in total. The Labute approximate surface area is 271 Å². The van der Waals surface area contributed by atoms with Gasteiger partial charge < -0.3 is 14.2 Å². The molecule has 0 saturated carbocycles. The van der Waals surface area contributed by atoms with E-state index in [0.717, 1.165) is 0 Å². The van der Waals surface area contributed by atoms with Gasteiger partial charge in [0.25, 0.3) is 0 Å². The largest absolute Gasteiger partial charge is 1.00 e. The molecule has 0 saturated heterocycles. The Balaban J connectivity index is 0.00000462. The van der Waals surface area contributed by atoms with Crippen LogP contribution in [0.4, 0.5) is 5.69 Å². The normalized spacial score (nSPS) is 15.1. The standard InChI is InChI=1S/C30H23Cl2N3O4S.Na/c1-20(18-33)30(22-8-5-9-24(31)16-22)23(19-34)10-13-29-35(26-17-25(32)11-12-27(26)39-29)15-14-28(40(36,37)38)21-6-3-2-4-7-21;/h2-13,16-17,28H,14-15H2,1H3,(H,36,37,38);/q;+1/p-1/b23-10+,29-13-,30-20-;. The first-order chi connectivity index (χ1) is 19.1. The molecule has 3 aromatic rings. The number of nitriles is 2. The molecular formula is C30H22Cl2N3NaO4S. The van der Waals surface area contributed by atoms with Gasteiger partial charge in [0.05, 0.1) is 28.6 Å². The third-order valence-corrected chi connectivity index (χ3v) is 7.94. The molecule has 0 aromatic heterocycles. The number of rotatable bonds is 8. The second kappa shape index (κ2) is 14.2. The van der Waals surface area contributed by atoms with Crippen LogP contribution in [0.1, 0.15) is 29.7 Å². The Hall–Kier alpha value is -3.05. The van der Waals surface area contributed by atoms with Crippen molar-refractivity contribution in [3.05, 3.63) is 123 Å². The molecule has 41 heavy (non-hydrogen) atoms. The first-order valence-electron chi connectivity index (χ1n) is 12.1. The summed E-state index contributed by atoms with van der Waals surface area (Å²) >= 11 is 12.4. The van der Waals surface area contributed by atoms with Crippen LogP contribution < -0.4 is 39.2 Å². The Kier molecular flexibility index (Phi) is 11.3. The number of benzene rings is 3. The van der Waals surface area contributed by atoms with Crippen LogP contribution >= 0.6 is 23.2 Å². The number of fused-ring (bicyclic) bond motifs is 1. The number of hydrogen-bond acceptors (Lipinski definition) is 7.